The summed E-state index contributed by atoms with van der Waals surface area (Å²) in [6.07, 6.45) is 12.0. The topological polar surface area (TPSA) is 74.9 Å². The van der Waals surface area contributed by atoms with Crippen LogP contribution in [-0.2, 0) is 16.1 Å². The zero-order valence-electron chi connectivity index (χ0n) is 19.5. The summed E-state index contributed by atoms with van der Waals surface area (Å²) in [6.45, 7) is 6.32. The van der Waals surface area contributed by atoms with Gasteiger partial charge in [0.25, 0.3) is 0 Å². The number of thiocarbonyl (C=S) groups is 1. The predicted molar refractivity (Wildman–Crippen MR) is 138 cm³/mol. The van der Waals surface area contributed by atoms with Gasteiger partial charge in [0.2, 0.25) is 5.91 Å². The van der Waals surface area contributed by atoms with E-state index in [0.717, 1.165) is 51.1 Å². The van der Waals surface area contributed by atoms with Crippen LogP contribution < -0.4 is 20.7 Å². The minimum Gasteiger partial charge on any atom is -0.492 e. The monoisotopic (exact) mass is 494 g/mol. The summed E-state index contributed by atoms with van der Waals surface area (Å²) in [5.74, 6) is 0.951. The molecule has 2 aliphatic rings. The zero-order valence-corrected chi connectivity index (χ0v) is 21.1. The Morgan fingerprint density at radius 2 is 2.15 bits per heavy atom. The fourth-order valence-electron chi connectivity index (χ4n) is 3.93. The van der Waals surface area contributed by atoms with E-state index in [1.807, 2.05) is 6.08 Å². The quantitative estimate of drug-likeness (QED) is 0.286. The molecule has 0 radical (unpaired) electrons. The van der Waals surface area contributed by atoms with E-state index in [-0.39, 0.29) is 12.0 Å². The van der Waals surface area contributed by atoms with E-state index in [1.165, 1.54) is 37.2 Å². The number of likely N-dealkylation sites (tertiary alicyclic amines) is 1. The number of piperidine rings is 1. The smallest absolute Gasteiger partial charge is 0.223 e. The summed E-state index contributed by atoms with van der Waals surface area (Å²) < 4.78 is 11.4. The molecule has 33 heavy (non-hydrogen) atoms. The Bertz CT molecular complexity index is 744. The molecule has 3 N–H and O–H groups in total. The van der Waals surface area contributed by atoms with Gasteiger partial charge in [-0.3, -0.25) is 9.69 Å². The second-order valence-electron chi connectivity index (χ2n) is 8.57. The summed E-state index contributed by atoms with van der Waals surface area (Å²) in [7, 11) is 0. The number of rotatable bonds is 13. The molecule has 0 aromatic carbocycles. The van der Waals surface area contributed by atoms with Gasteiger partial charge in [-0.25, -0.2) is 0 Å². The molecule has 9 heteroatoms. The molecule has 1 amide bonds. The van der Waals surface area contributed by atoms with Crippen molar-refractivity contribution in [3.8, 4) is 5.75 Å². The highest BCUT2D eigenvalue weighted by Gasteiger charge is 2.15. The average molecular weight is 495 g/mol. The molecule has 3 rings (SSSR count). The normalized spacial score (nSPS) is 19.0. The third-order valence-corrected chi connectivity index (χ3v) is 6.94. The van der Waals surface area contributed by atoms with Crippen LogP contribution in [0.1, 0.15) is 56.2 Å². The molecule has 1 atom stereocenters. The highest BCUT2D eigenvalue weighted by atomic mass is 32.1. The summed E-state index contributed by atoms with van der Waals surface area (Å²) in [5, 5.41) is 11.8. The predicted octanol–water partition coefficient (Wildman–Crippen LogP) is 3.56. The Kier molecular flexibility index (Phi) is 12.0. The lowest BCUT2D eigenvalue weighted by Crippen LogP contribution is -2.39. The van der Waals surface area contributed by atoms with Gasteiger partial charge < -0.3 is 25.4 Å². The van der Waals surface area contributed by atoms with Crippen molar-refractivity contribution in [3.63, 3.8) is 0 Å². The molecule has 184 valence electrons. The number of amides is 1. The van der Waals surface area contributed by atoms with Gasteiger partial charge in [0, 0.05) is 49.3 Å². The second kappa shape index (κ2) is 15.3. The summed E-state index contributed by atoms with van der Waals surface area (Å²) in [6, 6.07) is 2.16. The van der Waals surface area contributed by atoms with E-state index >= 15 is 0 Å². The molecule has 0 saturated carbocycles. The maximum absolute atomic E-state index is 11.9. The van der Waals surface area contributed by atoms with Crippen LogP contribution in [0.5, 0.6) is 5.75 Å². The Morgan fingerprint density at radius 1 is 1.27 bits per heavy atom. The molecule has 1 unspecified atom stereocenters. The Labute approximate surface area is 207 Å². The maximum atomic E-state index is 11.9. The first kappa shape index (κ1) is 25.9. The highest BCUT2D eigenvalue weighted by Crippen LogP contribution is 2.24. The number of ether oxygens (including phenoxy) is 2. The van der Waals surface area contributed by atoms with Gasteiger partial charge >= 0.3 is 0 Å². The third-order valence-electron chi connectivity index (χ3n) is 5.75. The van der Waals surface area contributed by atoms with Crippen molar-refractivity contribution < 1.29 is 14.3 Å². The van der Waals surface area contributed by atoms with Crippen LogP contribution in [0.2, 0.25) is 0 Å². The van der Waals surface area contributed by atoms with E-state index in [4.69, 9.17) is 21.7 Å². The fourth-order valence-corrected chi connectivity index (χ4v) is 4.96. The van der Waals surface area contributed by atoms with E-state index in [0.29, 0.717) is 24.7 Å². The lowest BCUT2D eigenvalue weighted by molar-refractivity contribution is -0.120. The number of hydrogen-bond donors (Lipinski definition) is 3. The standard InChI is InChI=1S/C24H38N4O3S2/c29-23(9-6-11-26-24(32)27-17-20-8-7-15-30-20)25-10-2-5-14-31-21-16-22(33-19-21)18-28-12-3-1-4-13-28/h2,10,16,19-20H,1,3-9,11-15,17-18H2,(H,25,29)(H2,26,27,32)/b10-2-. The Morgan fingerprint density at radius 3 is 2.97 bits per heavy atom. The van der Waals surface area contributed by atoms with Crippen molar-refractivity contribution in [1.82, 2.24) is 20.9 Å². The number of nitrogens with zero attached hydrogens (tertiary/aromatic N) is 1. The fraction of sp³-hybridized carbons (Fsp3) is 0.667. The molecular weight excluding hydrogens is 456 g/mol. The number of hydrogen-bond acceptors (Lipinski definition) is 6. The summed E-state index contributed by atoms with van der Waals surface area (Å²) in [5.41, 5.74) is 0. The first-order valence-corrected chi connectivity index (χ1v) is 13.5. The van der Waals surface area contributed by atoms with Gasteiger partial charge in [-0.15, -0.1) is 11.3 Å². The van der Waals surface area contributed by atoms with Crippen molar-refractivity contribution in [2.24, 2.45) is 0 Å². The average Bonchev–Trinajstić information content (AvgIpc) is 3.50. The minimum absolute atomic E-state index is 0.00684. The Hall–Kier alpha value is -1.68. The molecule has 7 nitrogen and oxygen atoms in total. The van der Waals surface area contributed by atoms with Crippen molar-refractivity contribution in [2.45, 2.75) is 64.0 Å². The first-order valence-electron chi connectivity index (χ1n) is 12.2. The van der Waals surface area contributed by atoms with Crippen molar-refractivity contribution in [1.29, 1.82) is 0 Å². The van der Waals surface area contributed by atoms with Gasteiger partial charge in [0.1, 0.15) is 5.75 Å². The van der Waals surface area contributed by atoms with Gasteiger partial charge in [0.15, 0.2) is 5.11 Å². The molecule has 1 aromatic rings. The number of carbonyl (C=O) groups excluding carboxylic acids is 1. The molecule has 2 aliphatic heterocycles. The SMILES string of the molecule is O=C(CCCNC(=S)NCC1CCCO1)N/C=C\CCOc1csc(CN2CCCCC2)c1. The highest BCUT2D eigenvalue weighted by molar-refractivity contribution is 7.80. The van der Waals surface area contributed by atoms with Crippen LogP contribution in [-0.4, -0.2) is 61.4 Å². The first-order chi connectivity index (χ1) is 16.2. The second-order valence-corrected chi connectivity index (χ2v) is 9.97. The van der Waals surface area contributed by atoms with E-state index in [1.54, 1.807) is 17.5 Å². The van der Waals surface area contributed by atoms with Gasteiger partial charge in [0.05, 0.1) is 12.7 Å². The number of nitrogens with one attached hydrogen (secondary N) is 3. The van der Waals surface area contributed by atoms with Crippen LogP contribution in [0, 0.1) is 0 Å². The molecule has 2 saturated heterocycles. The van der Waals surface area contributed by atoms with Crippen LogP contribution in [0.15, 0.2) is 23.7 Å². The zero-order chi connectivity index (χ0) is 23.1. The van der Waals surface area contributed by atoms with Crippen LogP contribution in [0.3, 0.4) is 0 Å². The molecule has 2 fully saturated rings. The van der Waals surface area contributed by atoms with Gasteiger partial charge in [-0.2, -0.15) is 0 Å². The third kappa shape index (κ3) is 10.9. The van der Waals surface area contributed by atoms with Crippen molar-refractivity contribution in [3.05, 3.63) is 28.6 Å². The van der Waals surface area contributed by atoms with Crippen LogP contribution >= 0.6 is 23.6 Å². The van der Waals surface area contributed by atoms with E-state index < -0.39 is 0 Å². The molecule has 0 spiro atoms. The summed E-state index contributed by atoms with van der Waals surface area (Å²) >= 11 is 7.02. The minimum atomic E-state index is 0.00684. The van der Waals surface area contributed by atoms with Crippen LogP contribution in [0.4, 0.5) is 0 Å². The summed E-state index contributed by atoms with van der Waals surface area (Å²) in [4.78, 5) is 15.8. The van der Waals surface area contributed by atoms with E-state index in [9.17, 15) is 4.79 Å². The Balaban J connectivity index is 1.15. The molecule has 0 bridgehead atoms. The van der Waals surface area contributed by atoms with Gasteiger partial charge in [-0.1, -0.05) is 12.5 Å². The largest absolute Gasteiger partial charge is 0.492 e. The molecule has 3 heterocycles. The van der Waals surface area contributed by atoms with Crippen LogP contribution in [0.25, 0.3) is 0 Å². The van der Waals surface area contributed by atoms with Gasteiger partial charge in [-0.05, 0) is 69.7 Å². The maximum Gasteiger partial charge on any atom is 0.223 e. The lowest BCUT2D eigenvalue weighted by atomic mass is 10.1. The van der Waals surface area contributed by atoms with Crippen molar-refractivity contribution in [2.75, 3.05) is 39.4 Å². The lowest BCUT2D eigenvalue weighted by Gasteiger charge is -2.25. The molecule has 1 aromatic heterocycles. The molecule has 0 aliphatic carbocycles. The number of carbonyl (C=O) groups is 1. The number of thiophene rings is 1. The molecular formula is C24H38N4O3S2. The van der Waals surface area contributed by atoms with E-state index in [2.05, 4.69) is 32.3 Å². The van der Waals surface area contributed by atoms with Crippen molar-refractivity contribution >= 4 is 34.6 Å².